The van der Waals surface area contributed by atoms with Crippen LogP contribution in [0.2, 0.25) is 0 Å². The molecule has 0 spiro atoms. The van der Waals surface area contributed by atoms with Gasteiger partial charge in [0, 0.05) is 12.4 Å². The average molecular weight is 323 g/mol. The summed E-state index contributed by atoms with van der Waals surface area (Å²) in [5.74, 6) is -0.402. The molecule has 3 rings (SSSR count). The zero-order valence-corrected chi connectivity index (χ0v) is 14.4. The Hall–Kier alpha value is -2.69. The van der Waals surface area contributed by atoms with E-state index in [4.69, 9.17) is 4.74 Å². The van der Waals surface area contributed by atoms with Gasteiger partial charge in [0.2, 0.25) is 0 Å². The second kappa shape index (κ2) is 6.07. The average Bonchev–Trinajstić information content (AvgIpc) is 2.88. The fourth-order valence-corrected chi connectivity index (χ4v) is 2.56. The van der Waals surface area contributed by atoms with Gasteiger partial charge in [0.25, 0.3) is 0 Å². The second-order valence-electron chi connectivity index (χ2n) is 6.87. The Bertz CT molecular complexity index is 874. The maximum Gasteiger partial charge on any atom is 0.344 e. The number of nitrogens with zero attached hydrogens (tertiary/aromatic N) is 3. The van der Waals surface area contributed by atoms with Crippen LogP contribution < -0.4 is 0 Å². The molecule has 0 fully saturated rings. The van der Waals surface area contributed by atoms with Crippen molar-refractivity contribution in [2.45, 2.75) is 39.7 Å². The number of aryl methyl sites for hydroxylation is 1. The van der Waals surface area contributed by atoms with Crippen molar-refractivity contribution >= 4 is 11.6 Å². The second-order valence-corrected chi connectivity index (χ2v) is 6.87. The highest BCUT2D eigenvalue weighted by molar-refractivity contribution is 5.97. The Kier molecular flexibility index (Phi) is 4.09. The number of esters is 1. The molecule has 0 aliphatic carbocycles. The zero-order valence-electron chi connectivity index (χ0n) is 14.4. The molecule has 3 aromatic rings. The molecule has 1 aromatic carbocycles. The van der Waals surface area contributed by atoms with Gasteiger partial charge < -0.3 is 4.74 Å². The third-order valence-electron chi connectivity index (χ3n) is 3.96. The molecule has 0 N–H and O–H groups in total. The quantitative estimate of drug-likeness (QED) is 0.690. The van der Waals surface area contributed by atoms with Gasteiger partial charge in [0.1, 0.15) is 12.2 Å². The van der Waals surface area contributed by atoms with Gasteiger partial charge in [-0.2, -0.15) is 5.10 Å². The van der Waals surface area contributed by atoms with Gasteiger partial charge in [0.15, 0.2) is 5.65 Å². The van der Waals surface area contributed by atoms with Crippen molar-refractivity contribution in [2.24, 2.45) is 0 Å². The van der Waals surface area contributed by atoms with Crippen LogP contribution >= 0.6 is 0 Å². The Morgan fingerprint density at radius 1 is 1.21 bits per heavy atom. The summed E-state index contributed by atoms with van der Waals surface area (Å²) >= 11 is 0. The lowest BCUT2D eigenvalue weighted by molar-refractivity contribution is 0.0474. The predicted molar refractivity (Wildman–Crippen MR) is 92.0 cm³/mol. The molecule has 24 heavy (non-hydrogen) atoms. The van der Waals surface area contributed by atoms with Gasteiger partial charge in [-0.1, -0.05) is 45.0 Å². The first-order valence-electron chi connectivity index (χ1n) is 7.93. The minimum Gasteiger partial charge on any atom is -0.457 e. The summed E-state index contributed by atoms with van der Waals surface area (Å²) in [6, 6.07) is 9.91. The standard InChI is InChI=1S/C19H21N3O2/c1-13-16(17-20-10-5-11-22(17)21-13)18(23)24-12-14-6-8-15(9-7-14)19(2,3)4/h5-11H,12H2,1-4H3. The number of aromatic nitrogens is 3. The number of fused-ring (bicyclic) bond motifs is 1. The van der Waals surface area contributed by atoms with E-state index in [1.54, 1.807) is 29.9 Å². The summed E-state index contributed by atoms with van der Waals surface area (Å²) in [4.78, 5) is 16.6. The molecule has 0 atom stereocenters. The first-order chi connectivity index (χ1) is 11.4. The van der Waals surface area contributed by atoms with E-state index in [2.05, 4.69) is 43.0 Å². The van der Waals surface area contributed by atoms with E-state index >= 15 is 0 Å². The number of benzene rings is 1. The largest absolute Gasteiger partial charge is 0.457 e. The summed E-state index contributed by atoms with van der Waals surface area (Å²) in [6.07, 6.45) is 3.40. The van der Waals surface area contributed by atoms with Crippen LogP contribution in [0, 0.1) is 6.92 Å². The summed E-state index contributed by atoms with van der Waals surface area (Å²) in [7, 11) is 0. The topological polar surface area (TPSA) is 56.5 Å². The van der Waals surface area contributed by atoms with Crippen LogP contribution in [0.15, 0.2) is 42.7 Å². The van der Waals surface area contributed by atoms with Crippen molar-refractivity contribution in [1.82, 2.24) is 14.6 Å². The molecule has 0 aliphatic rings. The van der Waals surface area contributed by atoms with Gasteiger partial charge in [0.05, 0.1) is 5.69 Å². The third kappa shape index (κ3) is 3.15. The molecule has 0 aliphatic heterocycles. The highest BCUT2D eigenvalue weighted by Gasteiger charge is 2.19. The molecule has 0 saturated carbocycles. The number of rotatable bonds is 3. The van der Waals surface area contributed by atoms with E-state index in [9.17, 15) is 4.79 Å². The van der Waals surface area contributed by atoms with Crippen LogP contribution in [-0.2, 0) is 16.8 Å². The zero-order chi connectivity index (χ0) is 17.3. The van der Waals surface area contributed by atoms with Crippen LogP contribution in [0.5, 0.6) is 0 Å². The van der Waals surface area contributed by atoms with Crippen molar-refractivity contribution in [3.63, 3.8) is 0 Å². The highest BCUT2D eigenvalue weighted by Crippen LogP contribution is 2.22. The lowest BCUT2D eigenvalue weighted by Gasteiger charge is -2.19. The number of ether oxygens (including phenoxy) is 1. The lowest BCUT2D eigenvalue weighted by atomic mass is 9.87. The van der Waals surface area contributed by atoms with E-state index < -0.39 is 5.97 Å². The third-order valence-corrected chi connectivity index (χ3v) is 3.96. The molecular weight excluding hydrogens is 302 g/mol. The van der Waals surface area contributed by atoms with E-state index in [0.29, 0.717) is 16.9 Å². The fourth-order valence-electron chi connectivity index (χ4n) is 2.56. The predicted octanol–water partition coefficient (Wildman–Crippen LogP) is 3.69. The maximum atomic E-state index is 12.4. The highest BCUT2D eigenvalue weighted by atomic mass is 16.5. The summed E-state index contributed by atoms with van der Waals surface area (Å²) in [6.45, 7) is 8.52. The molecule has 5 nitrogen and oxygen atoms in total. The van der Waals surface area contributed by atoms with Gasteiger partial charge in [-0.05, 0) is 29.5 Å². The molecule has 2 aromatic heterocycles. The van der Waals surface area contributed by atoms with Crippen LogP contribution in [-0.4, -0.2) is 20.6 Å². The van der Waals surface area contributed by atoms with Gasteiger partial charge in [-0.15, -0.1) is 0 Å². The normalized spacial score (nSPS) is 11.7. The molecular formula is C19H21N3O2. The molecule has 0 amide bonds. The van der Waals surface area contributed by atoms with Crippen LogP contribution in [0.4, 0.5) is 0 Å². The number of hydrogen-bond donors (Lipinski definition) is 0. The lowest BCUT2D eigenvalue weighted by Crippen LogP contribution is -2.11. The smallest absolute Gasteiger partial charge is 0.344 e. The molecule has 124 valence electrons. The maximum absolute atomic E-state index is 12.4. The van der Waals surface area contributed by atoms with Crippen LogP contribution in [0.1, 0.15) is 48.0 Å². The summed E-state index contributed by atoms with van der Waals surface area (Å²) < 4.78 is 7.04. The summed E-state index contributed by atoms with van der Waals surface area (Å²) in [5, 5.41) is 4.28. The first kappa shape index (κ1) is 16.2. The molecule has 0 saturated heterocycles. The molecule has 2 heterocycles. The Balaban J connectivity index is 1.74. The monoisotopic (exact) mass is 323 g/mol. The van der Waals surface area contributed by atoms with Crippen LogP contribution in [0.3, 0.4) is 0 Å². The van der Waals surface area contributed by atoms with E-state index in [1.165, 1.54) is 5.56 Å². The van der Waals surface area contributed by atoms with Crippen molar-refractivity contribution < 1.29 is 9.53 Å². The Morgan fingerprint density at radius 3 is 2.58 bits per heavy atom. The number of carbonyl (C=O) groups excluding carboxylic acids is 1. The van der Waals surface area contributed by atoms with Crippen molar-refractivity contribution in [3.8, 4) is 0 Å². The van der Waals surface area contributed by atoms with E-state index in [1.807, 2.05) is 12.1 Å². The van der Waals surface area contributed by atoms with Gasteiger partial charge in [-0.3, -0.25) is 0 Å². The number of hydrogen-bond acceptors (Lipinski definition) is 4. The molecule has 0 bridgehead atoms. The summed E-state index contributed by atoms with van der Waals surface area (Å²) in [5.41, 5.74) is 3.86. The molecule has 0 radical (unpaired) electrons. The van der Waals surface area contributed by atoms with Gasteiger partial charge >= 0.3 is 5.97 Å². The van der Waals surface area contributed by atoms with Crippen molar-refractivity contribution in [2.75, 3.05) is 0 Å². The van der Waals surface area contributed by atoms with E-state index in [-0.39, 0.29) is 12.0 Å². The molecule has 0 unspecified atom stereocenters. The van der Waals surface area contributed by atoms with Gasteiger partial charge in [-0.25, -0.2) is 14.3 Å². The minimum absolute atomic E-state index is 0.106. The van der Waals surface area contributed by atoms with Crippen molar-refractivity contribution in [3.05, 3.63) is 65.1 Å². The number of carbonyl (C=O) groups is 1. The van der Waals surface area contributed by atoms with Crippen LogP contribution in [0.25, 0.3) is 5.65 Å². The Labute approximate surface area is 141 Å². The van der Waals surface area contributed by atoms with Crippen molar-refractivity contribution in [1.29, 1.82) is 0 Å². The van der Waals surface area contributed by atoms with E-state index in [0.717, 1.165) is 5.56 Å². The fraction of sp³-hybridized carbons (Fsp3) is 0.316. The minimum atomic E-state index is -0.402. The molecule has 5 heteroatoms. The SMILES string of the molecule is Cc1nn2cccnc2c1C(=O)OCc1ccc(C(C)(C)C)cc1. The Morgan fingerprint density at radius 2 is 1.92 bits per heavy atom. The first-order valence-corrected chi connectivity index (χ1v) is 7.93.